The van der Waals surface area contributed by atoms with Crippen LogP contribution in [-0.4, -0.2) is 44.2 Å². The van der Waals surface area contributed by atoms with Gasteiger partial charge in [0.25, 0.3) is 0 Å². The molecule has 2 aromatic carbocycles. The van der Waals surface area contributed by atoms with Gasteiger partial charge >= 0.3 is 0 Å². The number of fused-ring (bicyclic) bond motifs is 4. The van der Waals surface area contributed by atoms with E-state index in [4.69, 9.17) is 23.4 Å². The van der Waals surface area contributed by atoms with E-state index >= 15 is 0 Å². The lowest BCUT2D eigenvalue weighted by atomic mass is 9.98. The van der Waals surface area contributed by atoms with Gasteiger partial charge in [-0.1, -0.05) is 19.9 Å². The first kappa shape index (κ1) is 23.8. The summed E-state index contributed by atoms with van der Waals surface area (Å²) in [5, 5.41) is 14.3. The van der Waals surface area contributed by atoms with E-state index in [1.54, 1.807) is 21.3 Å². The Morgan fingerprint density at radius 1 is 1.11 bits per heavy atom. The minimum atomic E-state index is -0.0770. The largest absolute Gasteiger partial charge is 0.496 e. The third kappa shape index (κ3) is 3.86. The molecule has 2 aromatic heterocycles. The molecular formula is C28H31N3O5. The molecule has 188 valence electrons. The van der Waals surface area contributed by atoms with Crippen molar-refractivity contribution >= 4 is 27.8 Å². The molecule has 0 spiro atoms. The van der Waals surface area contributed by atoms with Gasteiger partial charge < -0.3 is 28.7 Å². The molecule has 3 heterocycles. The molecule has 0 radical (unpaired) electrons. The lowest BCUT2D eigenvalue weighted by Gasteiger charge is -2.13. The highest BCUT2D eigenvalue weighted by molar-refractivity contribution is 6.15. The number of rotatable bonds is 9. The smallest absolute Gasteiger partial charge is 0.192 e. The number of furan rings is 1. The Balaban J connectivity index is 1.76. The fourth-order valence-corrected chi connectivity index (χ4v) is 4.70. The van der Waals surface area contributed by atoms with Crippen molar-refractivity contribution in [1.82, 2.24) is 10.2 Å². The SMILES string of the molecule is C=C(C)[C@H]1Cc2c(ccc(-c3nnc(NCCCC)c4oc5cc(OC)c(OC)cc5c34)c2OC)O1. The molecule has 0 saturated carbocycles. The molecule has 0 saturated heterocycles. The van der Waals surface area contributed by atoms with E-state index in [1.807, 2.05) is 31.2 Å². The van der Waals surface area contributed by atoms with Crippen LogP contribution in [0.1, 0.15) is 32.3 Å². The first-order valence-electron chi connectivity index (χ1n) is 12.1. The Kier molecular flexibility index (Phi) is 6.35. The first-order chi connectivity index (χ1) is 17.5. The zero-order valence-corrected chi connectivity index (χ0v) is 21.4. The van der Waals surface area contributed by atoms with Gasteiger partial charge in [0, 0.05) is 35.5 Å². The molecule has 0 unspecified atom stereocenters. The van der Waals surface area contributed by atoms with Crippen molar-refractivity contribution in [1.29, 1.82) is 0 Å². The maximum atomic E-state index is 6.36. The second-order valence-electron chi connectivity index (χ2n) is 8.97. The standard InChI is InChI=1S/C28H31N3O5/c1-7-8-11-29-28-27-24(17-12-22(32-4)23(33-5)14-21(17)36-27)25(30-31-28)16-9-10-19-18(26(16)34-6)13-20(35-19)15(2)3/h9-10,12,14,20H,2,7-8,11,13H2,1,3-6H3,(H,29,31)/t20-/m1/s1. The Bertz CT molecular complexity index is 1460. The molecule has 36 heavy (non-hydrogen) atoms. The number of hydrogen-bond acceptors (Lipinski definition) is 8. The number of benzene rings is 2. The fraction of sp³-hybridized carbons (Fsp3) is 0.357. The second-order valence-corrected chi connectivity index (χ2v) is 8.97. The predicted molar refractivity (Wildman–Crippen MR) is 141 cm³/mol. The van der Waals surface area contributed by atoms with Crippen LogP contribution in [-0.2, 0) is 6.42 Å². The van der Waals surface area contributed by atoms with Crippen LogP contribution in [0.2, 0.25) is 0 Å². The molecule has 1 aliphatic heterocycles. The normalized spacial score (nSPS) is 14.5. The summed E-state index contributed by atoms with van der Waals surface area (Å²) in [6, 6.07) is 7.68. The molecule has 4 aromatic rings. The quantitative estimate of drug-likeness (QED) is 0.221. The number of nitrogens with zero attached hydrogens (tertiary/aromatic N) is 2. The Morgan fingerprint density at radius 2 is 1.89 bits per heavy atom. The van der Waals surface area contributed by atoms with Gasteiger partial charge in [-0.25, -0.2) is 0 Å². The van der Waals surface area contributed by atoms with Gasteiger partial charge in [0.1, 0.15) is 28.9 Å². The van der Waals surface area contributed by atoms with Crippen molar-refractivity contribution < 1.29 is 23.4 Å². The van der Waals surface area contributed by atoms with Crippen LogP contribution in [0.4, 0.5) is 5.82 Å². The van der Waals surface area contributed by atoms with Crippen molar-refractivity contribution in [3.05, 3.63) is 42.0 Å². The van der Waals surface area contributed by atoms with Crippen molar-refractivity contribution in [3.8, 4) is 34.3 Å². The summed E-state index contributed by atoms with van der Waals surface area (Å²) >= 11 is 0. The second kappa shape index (κ2) is 9.60. The van der Waals surface area contributed by atoms with Crippen LogP contribution in [0.3, 0.4) is 0 Å². The number of nitrogens with one attached hydrogen (secondary N) is 1. The number of unbranched alkanes of at least 4 members (excludes halogenated alkanes) is 1. The summed E-state index contributed by atoms with van der Waals surface area (Å²) < 4.78 is 29.5. The topological polar surface area (TPSA) is 87.9 Å². The van der Waals surface area contributed by atoms with Crippen molar-refractivity contribution in [2.75, 3.05) is 33.2 Å². The molecule has 1 N–H and O–H groups in total. The number of anilines is 1. The van der Waals surface area contributed by atoms with E-state index in [9.17, 15) is 0 Å². The maximum Gasteiger partial charge on any atom is 0.192 e. The average molecular weight is 490 g/mol. The molecule has 0 amide bonds. The van der Waals surface area contributed by atoms with Gasteiger partial charge in [0.15, 0.2) is 22.9 Å². The number of hydrogen-bond donors (Lipinski definition) is 1. The molecule has 8 heteroatoms. The highest BCUT2D eigenvalue weighted by atomic mass is 16.5. The molecule has 0 fully saturated rings. The van der Waals surface area contributed by atoms with Crippen LogP contribution < -0.4 is 24.3 Å². The monoisotopic (exact) mass is 489 g/mol. The van der Waals surface area contributed by atoms with Crippen molar-refractivity contribution in [3.63, 3.8) is 0 Å². The zero-order valence-electron chi connectivity index (χ0n) is 21.4. The summed E-state index contributed by atoms with van der Waals surface area (Å²) in [5.41, 5.74) is 4.73. The Morgan fingerprint density at radius 3 is 2.58 bits per heavy atom. The van der Waals surface area contributed by atoms with Crippen LogP contribution in [0.5, 0.6) is 23.0 Å². The predicted octanol–water partition coefficient (Wildman–Crippen LogP) is 6.16. The summed E-state index contributed by atoms with van der Waals surface area (Å²) in [7, 11) is 4.89. The van der Waals surface area contributed by atoms with Crippen molar-refractivity contribution in [2.24, 2.45) is 0 Å². The van der Waals surface area contributed by atoms with Crippen LogP contribution in [0, 0.1) is 0 Å². The van der Waals surface area contributed by atoms with E-state index in [1.165, 1.54) is 0 Å². The fourth-order valence-electron chi connectivity index (χ4n) is 4.70. The lowest BCUT2D eigenvalue weighted by Crippen LogP contribution is -2.13. The van der Waals surface area contributed by atoms with E-state index < -0.39 is 0 Å². The zero-order chi connectivity index (χ0) is 25.4. The van der Waals surface area contributed by atoms with E-state index in [0.29, 0.717) is 46.3 Å². The summed E-state index contributed by atoms with van der Waals surface area (Å²) in [4.78, 5) is 0. The molecule has 1 aliphatic rings. The maximum absolute atomic E-state index is 6.36. The van der Waals surface area contributed by atoms with Crippen LogP contribution in [0.25, 0.3) is 33.2 Å². The van der Waals surface area contributed by atoms with E-state index in [0.717, 1.165) is 52.6 Å². The molecule has 0 aliphatic carbocycles. The van der Waals surface area contributed by atoms with E-state index in [-0.39, 0.29) is 6.10 Å². The Labute approximate surface area is 210 Å². The number of methoxy groups -OCH3 is 3. The van der Waals surface area contributed by atoms with Crippen LogP contribution >= 0.6 is 0 Å². The van der Waals surface area contributed by atoms with E-state index in [2.05, 4.69) is 29.0 Å². The summed E-state index contributed by atoms with van der Waals surface area (Å²) in [6.07, 6.45) is 2.68. The van der Waals surface area contributed by atoms with Gasteiger partial charge in [-0.05, 0) is 37.1 Å². The number of ether oxygens (including phenoxy) is 4. The molecule has 1 atom stereocenters. The van der Waals surface area contributed by atoms with Gasteiger partial charge in [0.2, 0.25) is 0 Å². The summed E-state index contributed by atoms with van der Waals surface area (Å²) in [6.45, 7) is 8.96. The highest BCUT2D eigenvalue weighted by Crippen LogP contribution is 2.47. The summed E-state index contributed by atoms with van der Waals surface area (Å²) in [5.74, 6) is 3.31. The van der Waals surface area contributed by atoms with Crippen LogP contribution in [0.15, 0.2) is 40.8 Å². The van der Waals surface area contributed by atoms with Gasteiger partial charge in [0.05, 0.1) is 26.7 Å². The minimum Gasteiger partial charge on any atom is -0.496 e. The molecule has 0 bridgehead atoms. The van der Waals surface area contributed by atoms with Gasteiger partial charge in [-0.3, -0.25) is 0 Å². The molecule has 8 nitrogen and oxygen atoms in total. The van der Waals surface area contributed by atoms with Gasteiger partial charge in [-0.2, -0.15) is 0 Å². The van der Waals surface area contributed by atoms with Crippen molar-refractivity contribution in [2.45, 2.75) is 39.2 Å². The third-order valence-corrected chi connectivity index (χ3v) is 6.60. The first-order valence-corrected chi connectivity index (χ1v) is 12.1. The Hall–Kier alpha value is -3.94. The molecular weight excluding hydrogens is 458 g/mol. The highest BCUT2D eigenvalue weighted by Gasteiger charge is 2.30. The molecule has 5 rings (SSSR count). The number of aromatic nitrogens is 2. The lowest BCUT2D eigenvalue weighted by molar-refractivity contribution is 0.271. The van der Waals surface area contributed by atoms with Gasteiger partial charge in [-0.15, -0.1) is 10.2 Å². The minimum absolute atomic E-state index is 0.0770. The average Bonchev–Trinajstić information content (AvgIpc) is 3.49. The third-order valence-electron chi connectivity index (χ3n) is 6.60.